The molecule has 1 N–H and O–H groups in total. The lowest BCUT2D eigenvalue weighted by Gasteiger charge is -2.33. The van der Waals surface area contributed by atoms with E-state index in [1.165, 1.54) is 7.11 Å². The van der Waals surface area contributed by atoms with Crippen molar-refractivity contribution < 1.29 is 24.2 Å². The molecule has 1 fully saturated rings. The van der Waals surface area contributed by atoms with E-state index in [4.69, 9.17) is 0 Å². The van der Waals surface area contributed by atoms with Crippen molar-refractivity contribution in [3.63, 3.8) is 0 Å². The Labute approximate surface area is 112 Å². The van der Waals surface area contributed by atoms with Crippen LogP contribution in [-0.2, 0) is 19.1 Å². The molecule has 0 aromatic heterocycles. The smallest absolute Gasteiger partial charge is 0.307 e. The minimum absolute atomic E-state index is 0.328. The van der Waals surface area contributed by atoms with Crippen molar-refractivity contribution in [1.29, 1.82) is 0 Å². The summed E-state index contributed by atoms with van der Waals surface area (Å²) in [6.45, 7) is 1.83. The van der Waals surface area contributed by atoms with Crippen LogP contribution in [0.5, 0.6) is 0 Å². The van der Waals surface area contributed by atoms with Gasteiger partial charge in [-0.15, -0.1) is 0 Å². The number of carbonyl (C=O) groups excluding carboxylic acids is 3. The number of carboxylic acids is 1. The third-order valence-corrected chi connectivity index (χ3v) is 3.69. The SMILES string of the molecule is COC(=O)C[C@H](NC(=O)C1(C)CCCCC1)C(=O)[O-]. The minimum Gasteiger partial charge on any atom is -0.548 e. The summed E-state index contributed by atoms with van der Waals surface area (Å²) in [6, 6.07) is -1.33. The number of ether oxygens (including phenoxy) is 1. The first kappa shape index (κ1) is 15.5. The Kier molecular flexibility index (Phi) is 5.32. The van der Waals surface area contributed by atoms with Crippen LogP contribution in [0.2, 0.25) is 0 Å². The fraction of sp³-hybridized carbons (Fsp3) is 0.769. The Morgan fingerprint density at radius 1 is 1.26 bits per heavy atom. The van der Waals surface area contributed by atoms with E-state index in [-0.39, 0.29) is 5.91 Å². The van der Waals surface area contributed by atoms with E-state index in [0.29, 0.717) is 0 Å². The normalized spacial score (nSPS) is 19.3. The maximum Gasteiger partial charge on any atom is 0.307 e. The van der Waals surface area contributed by atoms with Crippen molar-refractivity contribution >= 4 is 17.8 Å². The van der Waals surface area contributed by atoms with Gasteiger partial charge in [-0.2, -0.15) is 0 Å². The highest BCUT2D eigenvalue weighted by atomic mass is 16.5. The minimum atomic E-state index is -1.47. The molecule has 1 saturated carbocycles. The number of nitrogens with one attached hydrogen (secondary N) is 1. The van der Waals surface area contributed by atoms with Crippen LogP contribution in [0.1, 0.15) is 45.4 Å². The first-order valence-electron chi connectivity index (χ1n) is 6.48. The Morgan fingerprint density at radius 2 is 1.84 bits per heavy atom. The molecule has 1 amide bonds. The number of aliphatic carboxylic acids is 1. The van der Waals surface area contributed by atoms with E-state index in [0.717, 1.165) is 32.1 Å². The van der Waals surface area contributed by atoms with Gasteiger partial charge in [0.05, 0.1) is 25.5 Å². The summed E-state index contributed by atoms with van der Waals surface area (Å²) in [5.74, 6) is -2.49. The van der Waals surface area contributed by atoms with Crippen molar-refractivity contribution in [3.05, 3.63) is 0 Å². The van der Waals surface area contributed by atoms with Crippen LogP contribution in [0.15, 0.2) is 0 Å². The highest BCUT2D eigenvalue weighted by Gasteiger charge is 2.35. The summed E-state index contributed by atoms with van der Waals surface area (Å²) in [7, 11) is 1.17. The first-order valence-corrected chi connectivity index (χ1v) is 6.48. The molecule has 0 spiro atoms. The van der Waals surface area contributed by atoms with E-state index >= 15 is 0 Å². The van der Waals surface area contributed by atoms with Gasteiger partial charge >= 0.3 is 5.97 Å². The van der Waals surface area contributed by atoms with Gasteiger partial charge in [0.25, 0.3) is 0 Å². The molecule has 0 unspecified atom stereocenters. The van der Waals surface area contributed by atoms with E-state index < -0.39 is 29.8 Å². The van der Waals surface area contributed by atoms with E-state index in [1.54, 1.807) is 0 Å². The molecule has 1 aliphatic rings. The average molecular weight is 270 g/mol. The molecule has 0 bridgehead atoms. The number of methoxy groups -OCH3 is 1. The summed E-state index contributed by atoms with van der Waals surface area (Å²) in [5, 5.41) is 13.3. The zero-order valence-electron chi connectivity index (χ0n) is 11.4. The fourth-order valence-corrected chi connectivity index (χ4v) is 2.33. The fourth-order valence-electron chi connectivity index (χ4n) is 2.33. The Hall–Kier alpha value is -1.59. The molecule has 1 aliphatic carbocycles. The van der Waals surface area contributed by atoms with Crippen LogP contribution >= 0.6 is 0 Å². The Morgan fingerprint density at radius 3 is 2.32 bits per heavy atom. The molecule has 19 heavy (non-hydrogen) atoms. The zero-order chi connectivity index (χ0) is 14.5. The molecular weight excluding hydrogens is 250 g/mol. The number of esters is 1. The number of carbonyl (C=O) groups is 3. The molecule has 1 atom stereocenters. The molecule has 108 valence electrons. The zero-order valence-corrected chi connectivity index (χ0v) is 11.4. The second kappa shape index (κ2) is 6.54. The van der Waals surface area contributed by atoms with Crippen LogP contribution in [0, 0.1) is 5.41 Å². The van der Waals surface area contributed by atoms with Crippen molar-refractivity contribution in [3.8, 4) is 0 Å². The van der Waals surface area contributed by atoms with Crippen LogP contribution in [-0.4, -0.2) is 31.0 Å². The summed E-state index contributed by atoms with van der Waals surface area (Å²) < 4.78 is 4.40. The average Bonchev–Trinajstić information content (AvgIpc) is 2.38. The van der Waals surface area contributed by atoms with Gasteiger partial charge in [0.2, 0.25) is 5.91 Å². The van der Waals surface area contributed by atoms with Gasteiger partial charge < -0.3 is 20.0 Å². The number of rotatable bonds is 5. The van der Waals surface area contributed by atoms with Crippen LogP contribution in [0.3, 0.4) is 0 Å². The summed E-state index contributed by atoms with van der Waals surface area (Å²) in [6.07, 6.45) is 4.05. The lowest BCUT2D eigenvalue weighted by molar-refractivity contribution is -0.308. The number of hydrogen-bond donors (Lipinski definition) is 1. The van der Waals surface area contributed by atoms with Gasteiger partial charge in [0.15, 0.2) is 0 Å². The van der Waals surface area contributed by atoms with Crippen LogP contribution in [0.4, 0.5) is 0 Å². The third-order valence-electron chi connectivity index (χ3n) is 3.69. The molecule has 1 rings (SSSR count). The largest absolute Gasteiger partial charge is 0.548 e. The molecule has 0 radical (unpaired) electrons. The molecule has 0 saturated heterocycles. The van der Waals surface area contributed by atoms with Crippen molar-refractivity contribution in [1.82, 2.24) is 5.32 Å². The lowest BCUT2D eigenvalue weighted by Crippen LogP contribution is -2.53. The van der Waals surface area contributed by atoms with Gasteiger partial charge in [0.1, 0.15) is 0 Å². The van der Waals surface area contributed by atoms with Crippen molar-refractivity contribution in [2.24, 2.45) is 5.41 Å². The van der Waals surface area contributed by atoms with Gasteiger partial charge in [-0.1, -0.05) is 26.2 Å². The monoisotopic (exact) mass is 270 g/mol. The molecule has 6 heteroatoms. The third kappa shape index (κ3) is 4.22. The second-order valence-electron chi connectivity index (χ2n) is 5.25. The van der Waals surface area contributed by atoms with Gasteiger partial charge in [0, 0.05) is 5.41 Å². The van der Waals surface area contributed by atoms with Crippen molar-refractivity contribution in [2.45, 2.75) is 51.5 Å². The first-order chi connectivity index (χ1) is 8.89. The van der Waals surface area contributed by atoms with Crippen LogP contribution in [0.25, 0.3) is 0 Å². The molecule has 0 aromatic carbocycles. The molecule has 0 aromatic rings. The number of hydrogen-bond acceptors (Lipinski definition) is 5. The highest BCUT2D eigenvalue weighted by molar-refractivity contribution is 5.89. The molecular formula is C13H20NO5-. The Bertz CT molecular complexity index is 360. The van der Waals surface area contributed by atoms with Crippen LogP contribution < -0.4 is 10.4 Å². The second-order valence-corrected chi connectivity index (χ2v) is 5.25. The molecule has 0 aliphatic heterocycles. The maximum atomic E-state index is 12.2. The predicted octanol–water partition coefficient (Wildman–Crippen LogP) is -0.245. The summed E-state index contributed by atoms with van der Waals surface area (Å²) >= 11 is 0. The van der Waals surface area contributed by atoms with Gasteiger partial charge in [-0.25, -0.2) is 0 Å². The molecule has 0 heterocycles. The summed E-state index contributed by atoms with van der Waals surface area (Å²) in [5.41, 5.74) is -0.554. The Balaban J connectivity index is 2.65. The summed E-state index contributed by atoms with van der Waals surface area (Å²) in [4.78, 5) is 34.2. The van der Waals surface area contributed by atoms with E-state index in [1.807, 2.05) is 6.92 Å². The molecule has 6 nitrogen and oxygen atoms in total. The quantitative estimate of drug-likeness (QED) is 0.695. The number of amides is 1. The maximum absolute atomic E-state index is 12.2. The highest BCUT2D eigenvalue weighted by Crippen LogP contribution is 2.35. The lowest BCUT2D eigenvalue weighted by atomic mass is 9.75. The van der Waals surface area contributed by atoms with E-state index in [2.05, 4.69) is 10.1 Å². The van der Waals surface area contributed by atoms with Gasteiger partial charge in [-0.05, 0) is 12.8 Å². The number of carboxylic acid groups (broad SMARTS) is 1. The topological polar surface area (TPSA) is 95.5 Å². The predicted molar refractivity (Wildman–Crippen MR) is 64.8 cm³/mol. The standard InChI is InChI=1S/C13H21NO5/c1-13(6-4-3-5-7-13)12(18)14-9(11(16)17)8-10(15)19-2/h9H,3-8H2,1-2H3,(H,14,18)(H,16,17)/p-1/t9-/m0/s1. The van der Waals surface area contributed by atoms with Crippen molar-refractivity contribution in [2.75, 3.05) is 7.11 Å². The van der Waals surface area contributed by atoms with Gasteiger partial charge in [-0.3, -0.25) is 9.59 Å². The van der Waals surface area contributed by atoms with E-state index in [9.17, 15) is 19.5 Å².